The van der Waals surface area contributed by atoms with Crippen LogP contribution in [0.3, 0.4) is 0 Å². The van der Waals surface area contributed by atoms with Gasteiger partial charge in [0.2, 0.25) is 0 Å². The van der Waals surface area contributed by atoms with Crippen molar-refractivity contribution in [1.29, 1.82) is 0 Å². The van der Waals surface area contributed by atoms with E-state index in [1.54, 1.807) is 14.2 Å². The van der Waals surface area contributed by atoms with Crippen LogP contribution in [0.4, 0.5) is 0 Å². The molecule has 0 aliphatic carbocycles. The lowest BCUT2D eigenvalue weighted by Gasteiger charge is -2.37. The first-order chi connectivity index (χ1) is 10.1. The van der Waals surface area contributed by atoms with Crippen molar-refractivity contribution in [3.8, 4) is 11.5 Å². The summed E-state index contributed by atoms with van der Waals surface area (Å²) in [5.74, 6) is 2.30. The van der Waals surface area contributed by atoms with E-state index in [-0.39, 0.29) is 6.04 Å². The van der Waals surface area contributed by atoms with Gasteiger partial charge in [0.25, 0.3) is 0 Å². The lowest BCUT2D eigenvalue weighted by Crippen LogP contribution is -2.39. The maximum atomic E-state index is 6.07. The quantitative estimate of drug-likeness (QED) is 0.879. The van der Waals surface area contributed by atoms with Gasteiger partial charge in [-0.3, -0.25) is 4.90 Å². The van der Waals surface area contributed by atoms with E-state index in [1.807, 2.05) is 12.1 Å². The molecule has 0 amide bonds. The third-order valence-corrected chi connectivity index (χ3v) is 5.03. The Hall–Kier alpha value is -0.780. The molecule has 1 aromatic carbocycles. The molecule has 5 heteroatoms. The number of rotatable bonds is 5. The standard InChI is InChI=1S/C16H25BrN2O2/c1-11-4-6-19(7-5-11)14(10-18)12-8-15(20-2)16(21-3)9-13(12)17/h8-9,11,14H,4-7,10,18H2,1-3H3. The Labute approximate surface area is 135 Å². The number of halogens is 1. The molecule has 0 spiro atoms. The minimum absolute atomic E-state index is 0.215. The molecule has 1 atom stereocenters. The van der Waals surface area contributed by atoms with Gasteiger partial charge >= 0.3 is 0 Å². The van der Waals surface area contributed by atoms with Crippen LogP contribution >= 0.6 is 15.9 Å². The first-order valence-corrected chi connectivity index (χ1v) is 8.25. The zero-order chi connectivity index (χ0) is 15.4. The van der Waals surface area contributed by atoms with Crippen LogP contribution in [0, 0.1) is 5.92 Å². The lowest BCUT2D eigenvalue weighted by atomic mass is 9.95. The molecule has 2 rings (SSSR count). The number of piperidine rings is 1. The van der Waals surface area contributed by atoms with Crippen molar-refractivity contribution in [3.05, 3.63) is 22.2 Å². The Morgan fingerprint density at radius 1 is 1.24 bits per heavy atom. The van der Waals surface area contributed by atoms with Crippen molar-refractivity contribution in [2.45, 2.75) is 25.8 Å². The molecule has 0 saturated carbocycles. The number of nitrogens with two attached hydrogens (primary N) is 1. The van der Waals surface area contributed by atoms with Crippen LogP contribution < -0.4 is 15.2 Å². The Bertz CT molecular complexity index is 474. The number of hydrogen-bond donors (Lipinski definition) is 1. The minimum atomic E-state index is 0.215. The largest absolute Gasteiger partial charge is 0.493 e. The molecule has 21 heavy (non-hydrogen) atoms. The van der Waals surface area contributed by atoms with Gasteiger partial charge < -0.3 is 15.2 Å². The number of nitrogens with zero attached hydrogens (tertiary/aromatic N) is 1. The second-order valence-electron chi connectivity index (χ2n) is 5.70. The molecule has 1 unspecified atom stereocenters. The molecule has 0 radical (unpaired) electrons. The molecule has 0 aromatic heterocycles. The van der Waals surface area contributed by atoms with E-state index in [1.165, 1.54) is 18.4 Å². The van der Waals surface area contributed by atoms with Crippen LogP contribution in [0.25, 0.3) is 0 Å². The van der Waals surface area contributed by atoms with Crippen LogP contribution in [0.1, 0.15) is 31.4 Å². The minimum Gasteiger partial charge on any atom is -0.493 e. The monoisotopic (exact) mass is 356 g/mol. The molecule has 2 N–H and O–H groups in total. The van der Waals surface area contributed by atoms with Crippen molar-refractivity contribution >= 4 is 15.9 Å². The fourth-order valence-corrected chi connectivity index (χ4v) is 3.52. The molecular weight excluding hydrogens is 332 g/mol. The van der Waals surface area contributed by atoms with Crippen LogP contribution in [0.5, 0.6) is 11.5 Å². The first-order valence-electron chi connectivity index (χ1n) is 7.46. The third-order valence-electron chi connectivity index (χ3n) is 4.34. The van der Waals surface area contributed by atoms with E-state index in [4.69, 9.17) is 15.2 Å². The summed E-state index contributed by atoms with van der Waals surface area (Å²) in [6, 6.07) is 4.22. The number of benzene rings is 1. The molecule has 1 aliphatic rings. The Morgan fingerprint density at radius 3 is 2.33 bits per heavy atom. The number of hydrogen-bond acceptors (Lipinski definition) is 4. The summed E-state index contributed by atoms with van der Waals surface area (Å²) in [7, 11) is 3.31. The molecular formula is C16H25BrN2O2. The van der Waals surface area contributed by atoms with Gasteiger partial charge in [0, 0.05) is 17.1 Å². The number of ether oxygens (including phenoxy) is 2. The Morgan fingerprint density at radius 2 is 1.81 bits per heavy atom. The van der Waals surface area contributed by atoms with E-state index in [0.717, 1.165) is 35.0 Å². The van der Waals surface area contributed by atoms with E-state index in [9.17, 15) is 0 Å². The van der Waals surface area contributed by atoms with Gasteiger partial charge in [-0.2, -0.15) is 0 Å². The molecule has 0 bridgehead atoms. The van der Waals surface area contributed by atoms with Crippen molar-refractivity contribution in [3.63, 3.8) is 0 Å². The molecule has 1 saturated heterocycles. The molecule has 1 fully saturated rings. The number of methoxy groups -OCH3 is 2. The van der Waals surface area contributed by atoms with Gasteiger partial charge in [0.05, 0.1) is 14.2 Å². The molecule has 118 valence electrons. The summed E-state index contributed by atoms with van der Waals surface area (Å²) in [5, 5.41) is 0. The van der Waals surface area contributed by atoms with Gasteiger partial charge in [-0.05, 0) is 49.5 Å². The van der Waals surface area contributed by atoms with Crippen molar-refractivity contribution < 1.29 is 9.47 Å². The molecule has 1 heterocycles. The average Bonchev–Trinajstić information content (AvgIpc) is 2.50. The van der Waals surface area contributed by atoms with Gasteiger partial charge in [0.15, 0.2) is 11.5 Å². The second-order valence-corrected chi connectivity index (χ2v) is 6.55. The van der Waals surface area contributed by atoms with Gasteiger partial charge in [-0.25, -0.2) is 0 Å². The zero-order valence-corrected chi connectivity index (χ0v) is 14.6. The summed E-state index contributed by atoms with van der Waals surface area (Å²) in [6.07, 6.45) is 2.48. The smallest absolute Gasteiger partial charge is 0.161 e. The predicted octanol–water partition coefficient (Wildman–Crippen LogP) is 3.20. The molecule has 4 nitrogen and oxygen atoms in total. The van der Waals surface area contributed by atoms with Crippen LogP contribution in [-0.4, -0.2) is 38.8 Å². The Balaban J connectivity index is 2.29. The van der Waals surface area contributed by atoms with Crippen LogP contribution in [0.15, 0.2) is 16.6 Å². The van der Waals surface area contributed by atoms with E-state index < -0.39 is 0 Å². The summed E-state index contributed by atoms with van der Waals surface area (Å²) >= 11 is 3.65. The third kappa shape index (κ3) is 3.71. The van der Waals surface area contributed by atoms with Crippen LogP contribution in [0.2, 0.25) is 0 Å². The van der Waals surface area contributed by atoms with Gasteiger partial charge in [-0.1, -0.05) is 22.9 Å². The van der Waals surface area contributed by atoms with Crippen molar-refractivity contribution in [2.24, 2.45) is 11.7 Å². The fraction of sp³-hybridized carbons (Fsp3) is 0.625. The summed E-state index contributed by atoms with van der Waals surface area (Å²) < 4.78 is 11.8. The molecule has 1 aromatic rings. The van der Waals surface area contributed by atoms with Gasteiger partial charge in [-0.15, -0.1) is 0 Å². The zero-order valence-electron chi connectivity index (χ0n) is 13.1. The normalized spacial score (nSPS) is 18.5. The predicted molar refractivity (Wildman–Crippen MR) is 89.0 cm³/mol. The highest BCUT2D eigenvalue weighted by Crippen LogP contribution is 2.38. The van der Waals surface area contributed by atoms with E-state index >= 15 is 0 Å². The SMILES string of the molecule is COc1cc(Br)c(C(CN)N2CCC(C)CC2)cc1OC. The Kier molecular flexibility index (Phi) is 5.90. The highest BCUT2D eigenvalue weighted by atomic mass is 79.9. The van der Waals surface area contributed by atoms with E-state index in [0.29, 0.717) is 6.54 Å². The fourth-order valence-electron chi connectivity index (χ4n) is 2.94. The van der Waals surface area contributed by atoms with Crippen molar-refractivity contribution in [2.75, 3.05) is 33.9 Å². The average molecular weight is 357 g/mol. The maximum absolute atomic E-state index is 6.07. The molecule has 1 aliphatic heterocycles. The summed E-state index contributed by atoms with van der Waals surface area (Å²) in [5.41, 5.74) is 7.24. The van der Waals surface area contributed by atoms with Crippen LogP contribution in [-0.2, 0) is 0 Å². The summed E-state index contributed by atoms with van der Waals surface area (Å²) in [4.78, 5) is 2.48. The second kappa shape index (κ2) is 7.47. The number of likely N-dealkylation sites (tertiary alicyclic amines) is 1. The maximum Gasteiger partial charge on any atom is 0.161 e. The van der Waals surface area contributed by atoms with Crippen molar-refractivity contribution in [1.82, 2.24) is 4.90 Å². The van der Waals surface area contributed by atoms with Gasteiger partial charge in [0.1, 0.15) is 0 Å². The lowest BCUT2D eigenvalue weighted by molar-refractivity contribution is 0.140. The highest BCUT2D eigenvalue weighted by molar-refractivity contribution is 9.10. The van der Waals surface area contributed by atoms with E-state index in [2.05, 4.69) is 27.8 Å². The summed E-state index contributed by atoms with van der Waals surface area (Å²) in [6.45, 7) is 5.12. The highest BCUT2D eigenvalue weighted by Gasteiger charge is 2.26. The first kappa shape index (κ1) is 16.6. The topological polar surface area (TPSA) is 47.7 Å².